The van der Waals surface area contributed by atoms with Crippen LogP contribution in [-0.2, 0) is 16.1 Å². The molecule has 0 fully saturated rings. The third kappa shape index (κ3) is 5.27. The van der Waals surface area contributed by atoms with E-state index in [1.807, 2.05) is 60.7 Å². The third-order valence-corrected chi connectivity index (χ3v) is 5.67. The Balaban J connectivity index is 1.80. The van der Waals surface area contributed by atoms with Crippen molar-refractivity contribution in [3.8, 4) is 17.2 Å². The van der Waals surface area contributed by atoms with Crippen LogP contribution in [0.5, 0.6) is 17.2 Å². The number of urea groups is 1. The van der Waals surface area contributed by atoms with Gasteiger partial charge in [-0.25, -0.2) is 9.59 Å². The van der Waals surface area contributed by atoms with Crippen LogP contribution in [0.15, 0.2) is 78.4 Å². The normalized spacial score (nSPS) is 15.0. The van der Waals surface area contributed by atoms with Gasteiger partial charge in [0.15, 0.2) is 11.5 Å². The zero-order valence-electron chi connectivity index (χ0n) is 20.4. The van der Waals surface area contributed by atoms with E-state index in [9.17, 15) is 9.59 Å². The highest BCUT2D eigenvalue weighted by Gasteiger charge is 2.35. The number of methoxy groups -OCH3 is 2. The summed E-state index contributed by atoms with van der Waals surface area (Å²) >= 11 is 0. The van der Waals surface area contributed by atoms with Gasteiger partial charge >= 0.3 is 12.0 Å². The molecule has 2 N–H and O–H groups in total. The van der Waals surface area contributed by atoms with Gasteiger partial charge in [-0.2, -0.15) is 0 Å². The van der Waals surface area contributed by atoms with Gasteiger partial charge in [0.05, 0.1) is 38.1 Å². The molecular formula is C28H28N2O6. The second-order valence-corrected chi connectivity index (χ2v) is 7.94. The zero-order valence-corrected chi connectivity index (χ0v) is 20.4. The Morgan fingerprint density at radius 1 is 0.917 bits per heavy atom. The zero-order chi connectivity index (χ0) is 25.5. The molecule has 0 aromatic heterocycles. The van der Waals surface area contributed by atoms with Crippen molar-refractivity contribution < 1.29 is 28.5 Å². The predicted molar refractivity (Wildman–Crippen MR) is 135 cm³/mol. The molecule has 1 aliphatic heterocycles. The van der Waals surface area contributed by atoms with Crippen LogP contribution in [0.2, 0.25) is 0 Å². The van der Waals surface area contributed by atoms with Gasteiger partial charge in [0.2, 0.25) is 5.75 Å². The van der Waals surface area contributed by atoms with Gasteiger partial charge in [0.25, 0.3) is 0 Å². The topological polar surface area (TPSA) is 95.1 Å². The highest BCUT2D eigenvalue weighted by Crippen LogP contribution is 2.43. The summed E-state index contributed by atoms with van der Waals surface area (Å²) in [4.78, 5) is 25.8. The van der Waals surface area contributed by atoms with E-state index in [-0.39, 0.29) is 12.2 Å². The lowest BCUT2D eigenvalue weighted by molar-refractivity contribution is -0.138. The molecule has 0 bridgehead atoms. The van der Waals surface area contributed by atoms with Crippen LogP contribution in [0, 0.1) is 0 Å². The summed E-state index contributed by atoms with van der Waals surface area (Å²) < 4.78 is 22.7. The third-order valence-electron chi connectivity index (χ3n) is 5.67. The second-order valence-electron chi connectivity index (χ2n) is 7.94. The van der Waals surface area contributed by atoms with Gasteiger partial charge in [-0.3, -0.25) is 0 Å². The maximum Gasteiger partial charge on any atom is 0.338 e. The van der Waals surface area contributed by atoms with Gasteiger partial charge in [0, 0.05) is 0 Å². The highest BCUT2D eigenvalue weighted by molar-refractivity contribution is 6.04. The molecule has 0 radical (unpaired) electrons. The molecule has 8 heteroatoms. The van der Waals surface area contributed by atoms with Crippen LogP contribution < -0.4 is 24.8 Å². The van der Waals surface area contributed by atoms with Crippen molar-refractivity contribution in [3.63, 3.8) is 0 Å². The summed E-state index contributed by atoms with van der Waals surface area (Å²) in [5, 5.41) is 5.61. The van der Waals surface area contributed by atoms with Crippen molar-refractivity contribution in [2.75, 3.05) is 20.8 Å². The molecule has 0 aliphatic carbocycles. The minimum absolute atomic E-state index is 0.184. The van der Waals surface area contributed by atoms with Crippen molar-refractivity contribution in [2.45, 2.75) is 19.6 Å². The minimum Gasteiger partial charge on any atom is -0.493 e. The quantitative estimate of drug-likeness (QED) is 0.427. The maximum absolute atomic E-state index is 13.1. The molecule has 186 valence electrons. The first-order valence-corrected chi connectivity index (χ1v) is 11.5. The van der Waals surface area contributed by atoms with E-state index in [1.165, 1.54) is 14.2 Å². The monoisotopic (exact) mass is 488 g/mol. The molecule has 0 saturated carbocycles. The number of hydrogen-bond acceptors (Lipinski definition) is 6. The van der Waals surface area contributed by atoms with Crippen molar-refractivity contribution in [1.29, 1.82) is 0 Å². The van der Waals surface area contributed by atoms with Gasteiger partial charge in [0.1, 0.15) is 6.61 Å². The number of amides is 2. The van der Waals surface area contributed by atoms with Crippen LogP contribution in [0.4, 0.5) is 4.79 Å². The van der Waals surface area contributed by atoms with E-state index in [0.29, 0.717) is 40.7 Å². The van der Waals surface area contributed by atoms with Gasteiger partial charge in [-0.05, 0) is 35.7 Å². The summed E-state index contributed by atoms with van der Waals surface area (Å²) in [6, 6.07) is 21.1. The number of esters is 1. The summed E-state index contributed by atoms with van der Waals surface area (Å²) in [6.45, 7) is 2.22. The molecule has 4 rings (SSSR count). The molecule has 1 unspecified atom stereocenters. The predicted octanol–water partition coefficient (Wildman–Crippen LogP) is 4.61. The lowest BCUT2D eigenvalue weighted by Gasteiger charge is -2.30. The van der Waals surface area contributed by atoms with Crippen molar-refractivity contribution >= 4 is 17.7 Å². The number of hydrogen-bond donors (Lipinski definition) is 2. The summed E-state index contributed by atoms with van der Waals surface area (Å²) in [6.07, 6.45) is 0. The van der Waals surface area contributed by atoms with Crippen LogP contribution in [0.3, 0.4) is 0 Å². The molecule has 0 saturated heterocycles. The highest BCUT2D eigenvalue weighted by atomic mass is 16.5. The maximum atomic E-state index is 13.1. The first kappa shape index (κ1) is 24.7. The second kappa shape index (κ2) is 11.3. The standard InChI is InChI=1S/C28H28N2O6/c1-4-35-27(31)23-24(19-13-9-6-10-14-19)29-28(32)30-25(23)20-15-21(33-2)26(22(16-20)34-3)36-17-18-11-7-5-8-12-18/h5-16,25H,4,17H2,1-3H3,(H2,29,30,32). The van der Waals surface area contributed by atoms with E-state index in [4.69, 9.17) is 18.9 Å². The number of ether oxygens (including phenoxy) is 4. The summed E-state index contributed by atoms with van der Waals surface area (Å²) in [5.74, 6) is 0.670. The molecule has 3 aromatic rings. The van der Waals surface area contributed by atoms with Crippen molar-refractivity contribution in [2.24, 2.45) is 0 Å². The fourth-order valence-corrected chi connectivity index (χ4v) is 4.01. The molecule has 2 amide bonds. The molecule has 1 heterocycles. The molecule has 36 heavy (non-hydrogen) atoms. The van der Waals surface area contributed by atoms with Crippen LogP contribution in [0.1, 0.15) is 29.7 Å². The fraction of sp³-hybridized carbons (Fsp3) is 0.214. The van der Waals surface area contributed by atoms with Gasteiger partial charge in [-0.1, -0.05) is 60.7 Å². The van der Waals surface area contributed by atoms with Crippen LogP contribution in [-0.4, -0.2) is 32.8 Å². The van der Waals surface area contributed by atoms with Crippen molar-refractivity contribution in [3.05, 3.63) is 95.1 Å². The Kier molecular flexibility index (Phi) is 7.75. The van der Waals surface area contributed by atoms with Crippen molar-refractivity contribution in [1.82, 2.24) is 10.6 Å². The Hall–Kier alpha value is -4.46. The van der Waals surface area contributed by atoms with E-state index >= 15 is 0 Å². The number of benzene rings is 3. The van der Waals surface area contributed by atoms with E-state index in [1.54, 1.807) is 19.1 Å². The number of rotatable bonds is 9. The van der Waals surface area contributed by atoms with E-state index < -0.39 is 18.0 Å². The minimum atomic E-state index is -0.820. The van der Waals surface area contributed by atoms with Gasteiger partial charge in [-0.15, -0.1) is 0 Å². The lowest BCUT2D eigenvalue weighted by atomic mass is 9.92. The fourth-order valence-electron chi connectivity index (χ4n) is 4.01. The first-order valence-electron chi connectivity index (χ1n) is 11.5. The number of nitrogens with one attached hydrogen (secondary N) is 2. The number of carbonyl (C=O) groups is 2. The Bertz CT molecular complexity index is 1230. The molecule has 1 atom stereocenters. The van der Waals surface area contributed by atoms with Crippen LogP contribution >= 0.6 is 0 Å². The lowest BCUT2D eigenvalue weighted by Crippen LogP contribution is -2.45. The van der Waals surface area contributed by atoms with Crippen LogP contribution in [0.25, 0.3) is 5.70 Å². The Morgan fingerprint density at radius 2 is 1.53 bits per heavy atom. The first-order chi connectivity index (χ1) is 17.5. The molecule has 0 spiro atoms. The largest absolute Gasteiger partial charge is 0.493 e. The average Bonchev–Trinajstić information content (AvgIpc) is 2.92. The average molecular weight is 489 g/mol. The SMILES string of the molecule is CCOC(=O)C1=C(c2ccccc2)NC(=O)NC1c1cc(OC)c(OCc2ccccc2)c(OC)c1. The smallest absolute Gasteiger partial charge is 0.338 e. The molecule has 1 aliphatic rings. The Morgan fingerprint density at radius 3 is 2.11 bits per heavy atom. The molecular weight excluding hydrogens is 460 g/mol. The molecule has 8 nitrogen and oxygen atoms in total. The van der Waals surface area contributed by atoms with Gasteiger partial charge < -0.3 is 29.6 Å². The summed E-state index contributed by atoms with van der Waals surface area (Å²) in [5.41, 5.74) is 2.88. The van der Waals surface area contributed by atoms with E-state index in [2.05, 4.69) is 10.6 Å². The number of carbonyl (C=O) groups excluding carboxylic acids is 2. The Labute approximate surface area is 209 Å². The van der Waals surface area contributed by atoms with E-state index in [0.717, 1.165) is 5.56 Å². The molecule has 3 aromatic carbocycles. The summed E-state index contributed by atoms with van der Waals surface area (Å²) in [7, 11) is 3.04.